The van der Waals surface area contributed by atoms with Crippen molar-refractivity contribution < 1.29 is 28.6 Å². The molecule has 0 aromatic carbocycles. The van der Waals surface area contributed by atoms with Gasteiger partial charge < -0.3 is 19.5 Å². The topological polar surface area (TPSA) is 90.9 Å². The van der Waals surface area contributed by atoms with E-state index in [1.54, 1.807) is 0 Å². The molecule has 1 heterocycles. The molecule has 0 spiro atoms. The Labute approximate surface area is 202 Å². The summed E-state index contributed by atoms with van der Waals surface area (Å²) in [6.45, 7) is 12.3. The minimum atomic E-state index is -0.492. The van der Waals surface area contributed by atoms with Gasteiger partial charge in [-0.05, 0) is 68.3 Å². The Bertz CT molecular complexity index is 892. The van der Waals surface area contributed by atoms with Crippen LogP contribution in [0.1, 0.15) is 72.6 Å². The highest BCUT2D eigenvalue weighted by Gasteiger charge is 2.60. The minimum Gasteiger partial charge on any atom is -0.465 e. The summed E-state index contributed by atoms with van der Waals surface area (Å²) >= 11 is 0. The van der Waals surface area contributed by atoms with E-state index in [4.69, 9.17) is 14.2 Å². The van der Waals surface area contributed by atoms with E-state index in [1.807, 2.05) is 6.08 Å². The second kappa shape index (κ2) is 9.48. The molecule has 4 rings (SSSR count). The number of hydrogen-bond donors (Lipinski definition) is 1. The Morgan fingerprint density at radius 1 is 1.21 bits per heavy atom. The lowest BCUT2D eigenvalue weighted by atomic mass is 9.46. The fraction of sp³-hybridized carbons (Fsp3) is 0.741. The van der Waals surface area contributed by atoms with Crippen molar-refractivity contribution in [1.82, 2.24) is 5.32 Å². The molecule has 0 saturated heterocycles. The largest absolute Gasteiger partial charge is 0.465 e. The van der Waals surface area contributed by atoms with Gasteiger partial charge in [0.25, 0.3) is 0 Å². The highest BCUT2D eigenvalue weighted by molar-refractivity contribution is 5.91. The SMILES string of the molecule is C=C1CC[C@@H]2[C@](C)(COC(C)=O)[C@H](OC(C)=O)CC[C@@]2(C)[C@@H]1CC(NC1CC1)C1=CCOC1=O. The number of carbonyl (C=O) groups excluding carboxylic acids is 3. The fourth-order valence-corrected chi connectivity index (χ4v) is 6.96. The number of fused-ring (bicyclic) bond motifs is 1. The van der Waals surface area contributed by atoms with Crippen LogP contribution in [-0.4, -0.2) is 49.3 Å². The van der Waals surface area contributed by atoms with E-state index in [0.29, 0.717) is 19.1 Å². The summed E-state index contributed by atoms with van der Waals surface area (Å²) in [6.07, 6.45) is 8.03. The van der Waals surface area contributed by atoms with Crippen LogP contribution in [0.2, 0.25) is 0 Å². The number of carbonyl (C=O) groups is 3. The van der Waals surface area contributed by atoms with Gasteiger partial charge in [-0.15, -0.1) is 0 Å². The molecule has 4 aliphatic rings. The average molecular weight is 474 g/mol. The van der Waals surface area contributed by atoms with Gasteiger partial charge in [0.2, 0.25) is 0 Å². The van der Waals surface area contributed by atoms with Crippen LogP contribution in [0.15, 0.2) is 23.8 Å². The van der Waals surface area contributed by atoms with Gasteiger partial charge in [0.15, 0.2) is 0 Å². The van der Waals surface area contributed by atoms with Gasteiger partial charge in [-0.3, -0.25) is 9.59 Å². The molecule has 0 amide bonds. The van der Waals surface area contributed by atoms with E-state index in [-0.39, 0.29) is 53.9 Å². The number of rotatable bonds is 8. The molecule has 0 aromatic heterocycles. The van der Waals surface area contributed by atoms with Crippen LogP contribution in [0.25, 0.3) is 0 Å². The van der Waals surface area contributed by atoms with Crippen molar-refractivity contribution in [3.63, 3.8) is 0 Å². The molecule has 7 heteroatoms. The summed E-state index contributed by atoms with van der Waals surface area (Å²) in [5.41, 5.74) is 1.34. The van der Waals surface area contributed by atoms with E-state index >= 15 is 0 Å². The highest BCUT2D eigenvalue weighted by atomic mass is 16.6. The zero-order valence-electron chi connectivity index (χ0n) is 21.0. The zero-order valence-corrected chi connectivity index (χ0v) is 21.0. The maximum absolute atomic E-state index is 12.5. The van der Waals surface area contributed by atoms with Crippen LogP contribution < -0.4 is 5.32 Å². The van der Waals surface area contributed by atoms with Crippen molar-refractivity contribution in [1.29, 1.82) is 0 Å². The molecule has 34 heavy (non-hydrogen) atoms. The second-order valence-corrected chi connectivity index (χ2v) is 11.2. The first-order valence-electron chi connectivity index (χ1n) is 12.7. The van der Waals surface area contributed by atoms with Crippen LogP contribution in [0.5, 0.6) is 0 Å². The average Bonchev–Trinajstić information content (AvgIpc) is 3.48. The molecular weight excluding hydrogens is 434 g/mol. The van der Waals surface area contributed by atoms with Crippen LogP contribution in [0, 0.1) is 22.7 Å². The molecular formula is C27H39NO6. The van der Waals surface area contributed by atoms with Gasteiger partial charge in [0.05, 0.1) is 5.57 Å². The summed E-state index contributed by atoms with van der Waals surface area (Å²) in [6, 6.07) is 0.388. The molecule has 3 aliphatic carbocycles. The summed E-state index contributed by atoms with van der Waals surface area (Å²) in [4.78, 5) is 36.1. The molecule has 3 saturated carbocycles. The molecule has 6 atom stereocenters. The van der Waals surface area contributed by atoms with E-state index in [0.717, 1.165) is 44.1 Å². The van der Waals surface area contributed by atoms with Gasteiger partial charge in [-0.2, -0.15) is 0 Å². The zero-order chi connectivity index (χ0) is 24.7. The van der Waals surface area contributed by atoms with E-state index in [2.05, 4.69) is 25.7 Å². The van der Waals surface area contributed by atoms with Crippen molar-refractivity contribution in [2.24, 2.45) is 22.7 Å². The standard InChI is InChI=1S/C27H39NO6/c1-16-6-9-23-26(4,12-10-24(34-18(3)30)27(23,5)15-33-17(2)29)21(16)14-22(28-19-7-8-19)20-11-13-32-25(20)31/h11,19,21-24,28H,1,6-10,12-15H2,2-5H3/t21-,22?,23+,24-,26+,27+/m1/s1. The predicted molar refractivity (Wildman–Crippen MR) is 127 cm³/mol. The number of esters is 3. The lowest BCUT2D eigenvalue weighted by molar-refractivity contribution is -0.191. The summed E-state index contributed by atoms with van der Waals surface area (Å²) < 4.78 is 16.6. The molecule has 1 N–H and O–H groups in total. The number of hydrogen-bond acceptors (Lipinski definition) is 7. The van der Waals surface area contributed by atoms with Crippen LogP contribution >= 0.6 is 0 Å². The van der Waals surface area contributed by atoms with Gasteiger partial charge >= 0.3 is 17.9 Å². The third-order valence-corrected chi connectivity index (χ3v) is 8.82. The molecule has 0 aromatic rings. The van der Waals surface area contributed by atoms with Gasteiger partial charge in [0, 0.05) is 31.3 Å². The number of nitrogens with one attached hydrogen (secondary N) is 1. The third kappa shape index (κ3) is 4.81. The Balaban J connectivity index is 1.64. The maximum atomic E-state index is 12.5. The quantitative estimate of drug-likeness (QED) is 0.325. The van der Waals surface area contributed by atoms with Crippen molar-refractivity contribution in [3.8, 4) is 0 Å². The Morgan fingerprint density at radius 2 is 1.94 bits per heavy atom. The fourth-order valence-electron chi connectivity index (χ4n) is 6.96. The van der Waals surface area contributed by atoms with E-state index < -0.39 is 5.41 Å². The van der Waals surface area contributed by atoms with Crippen LogP contribution in [0.4, 0.5) is 0 Å². The number of cyclic esters (lactones) is 1. The first-order valence-corrected chi connectivity index (χ1v) is 12.7. The first kappa shape index (κ1) is 25.0. The van der Waals surface area contributed by atoms with Crippen molar-refractivity contribution in [2.75, 3.05) is 13.2 Å². The predicted octanol–water partition coefficient (Wildman–Crippen LogP) is 3.86. The molecule has 1 unspecified atom stereocenters. The summed E-state index contributed by atoms with van der Waals surface area (Å²) in [5.74, 6) is -0.489. The monoisotopic (exact) mass is 473 g/mol. The summed E-state index contributed by atoms with van der Waals surface area (Å²) in [5, 5.41) is 3.69. The maximum Gasteiger partial charge on any atom is 0.335 e. The smallest absolute Gasteiger partial charge is 0.335 e. The van der Waals surface area contributed by atoms with Crippen LogP contribution in [-0.2, 0) is 28.6 Å². The first-order chi connectivity index (χ1) is 16.0. The second-order valence-electron chi connectivity index (χ2n) is 11.2. The Morgan fingerprint density at radius 3 is 2.53 bits per heavy atom. The van der Waals surface area contributed by atoms with Gasteiger partial charge in [-0.25, -0.2) is 4.79 Å². The third-order valence-electron chi connectivity index (χ3n) is 8.82. The summed E-state index contributed by atoms with van der Waals surface area (Å²) in [7, 11) is 0. The van der Waals surface area contributed by atoms with Gasteiger partial charge in [0.1, 0.15) is 19.3 Å². The molecule has 1 aliphatic heterocycles. The lowest BCUT2D eigenvalue weighted by Gasteiger charge is -2.60. The molecule has 0 bridgehead atoms. The normalized spacial score (nSPS) is 36.2. The van der Waals surface area contributed by atoms with Crippen molar-refractivity contribution in [2.45, 2.75) is 90.8 Å². The molecule has 7 nitrogen and oxygen atoms in total. The molecule has 188 valence electrons. The van der Waals surface area contributed by atoms with Gasteiger partial charge in [-0.1, -0.05) is 26.0 Å². The Kier molecular flexibility index (Phi) is 6.96. The van der Waals surface area contributed by atoms with Crippen molar-refractivity contribution in [3.05, 3.63) is 23.8 Å². The highest BCUT2D eigenvalue weighted by Crippen LogP contribution is 2.62. The molecule has 0 radical (unpaired) electrons. The van der Waals surface area contributed by atoms with Crippen LogP contribution in [0.3, 0.4) is 0 Å². The number of allylic oxidation sites excluding steroid dienone is 1. The number of ether oxygens (including phenoxy) is 3. The van der Waals surface area contributed by atoms with Crippen molar-refractivity contribution >= 4 is 17.9 Å². The Hall–Kier alpha value is -2.15. The minimum absolute atomic E-state index is 0.0641. The lowest BCUT2D eigenvalue weighted by Crippen LogP contribution is -2.59. The molecule has 3 fully saturated rings. The van der Waals surface area contributed by atoms with E-state index in [1.165, 1.54) is 19.4 Å². The van der Waals surface area contributed by atoms with E-state index in [9.17, 15) is 14.4 Å².